The highest BCUT2D eigenvalue weighted by molar-refractivity contribution is 6.31. The molecule has 2 aromatic carbocycles. The van der Waals surface area contributed by atoms with E-state index in [0.29, 0.717) is 11.6 Å². The Kier molecular flexibility index (Phi) is 6.72. The summed E-state index contributed by atoms with van der Waals surface area (Å²) in [5.74, 6) is 0.838. The summed E-state index contributed by atoms with van der Waals surface area (Å²) in [6, 6.07) is 15.5. The number of rotatable bonds is 6. The third-order valence-electron chi connectivity index (χ3n) is 4.95. The van der Waals surface area contributed by atoms with E-state index in [0.717, 1.165) is 36.5 Å². The molecule has 6 heteroatoms. The molecular formula is C21H26ClN3O2. The highest BCUT2D eigenvalue weighted by atomic mass is 35.5. The van der Waals surface area contributed by atoms with E-state index in [2.05, 4.69) is 21.6 Å². The predicted octanol–water partition coefficient (Wildman–Crippen LogP) is 3.17. The molecule has 2 unspecified atom stereocenters. The summed E-state index contributed by atoms with van der Waals surface area (Å²) < 4.78 is 5.52. The summed E-state index contributed by atoms with van der Waals surface area (Å²) in [5.41, 5.74) is 2.02. The van der Waals surface area contributed by atoms with Crippen LogP contribution in [0.15, 0.2) is 48.5 Å². The SMILES string of the molecule is COc1ccccc1C1CNCCN1CC(=O)NC(C)c1ccccc1Cl. The Hall–Kier alpha value is -2.08. The second-order valence-electron chi connectivity index (χ2n) is 6.74. The fraction of sp³-hybridized carbons (Fsp3) is 0.381. The molecule has 27 heavy (non-hydrogen) atoms. The van der Waals surface area contributed by atoms with Crippen LogP contribution in [0.4, 0.5) is 0 Å². The number of piperazine rings is 1. The third kappa shape index (κ3) is 4.80. The molecule has 0 aromatic heterocycles. The maximum atomic E-state index is 12.7. The lowest BCUT2D eigenvalue weighted by Crippen LogP contribution is -2.49. The first kappa shape index (κ1) is 19.7. The van der Waals surface area contributed by atoms with Crippen LogP contribution in [-0.4, -0.2) is 44.1 Å². The van der Waals surface area contributed by atoms with E-state index in [1.165, 1.54) is 0 Å². The Balaban J connectivity index is 1.69. The van der Waals surface area contributed by atoms with Crippen LogP contribution >= 0.6 is 11.6 Å². The summed E-state index contributed by atoms with van der Waals surface area (Å²) in [7, 11) is 1.68. The number of halogens is 1. The van der Waals surface area contributed by atoms with Crippen molar-refractivity contribution >= 4 is 17.5 Å². The van der Waals surface area contributed by atoms with Crippen LogP contribution in [0.2, 0.25) is 5.02 Å². The van der Waals surface area contributed by atoms with E-state index in [1.807, 2.05) is 49.4 Å². The lowest BCUT2D eigenvalue weighted by atomic mass is 10.0. The molecular weight excluding hydrogens is 362 g/mol. The molecule has 1 aliphatic heterocycles. The van der Waals surface area contributed by atoms with Gasteiger partial charge in [0, 0.05) is 30.2 Å². The summed E-state index contributed by atoms with van der Waals surface area (Å²) in [6.07, 6.45) is 0. The van der Waals surface area contributed by atoms with E-state index < -0.39 is 0 Å². The molecule has 0 saturated carbocycles. The van der Waals surface area contributed by atoms with Crippen LogP contribution < -0.4 is 15.4 Å². The second-order valence-corrected chi connectivity index (χ2v) is 7.15. The van der Waals surface area contributed by atoms with Gasteiger partial charge < -0.3 is 15.4 Å². The molecule has 5 nitrogen and oxygen atoms in total. The van der Waals surface area contributed by atoms with Crippen molar-refractivity contribution in [2.24, 2.45) is 0 Å². The molecule has 144 valence electrons. The monoisotopic (exact) mass is 387 g/mol. The maximum absolute atomic E-state index is 12.7. The maximum Gasteiger partial charge on any atom is 0.234 e. The first-order valence-corrected chi connectivity index (χ1v) is 9.59. The summed E-state index contributed by atoms with van der Waals surface area (Å²) >= 11 is 6.25. The largest absolute Gasteiger partial charge is 0.496 e. The minimum Gasteiger partial charge on any atom is -0.496 e. The molecule has 2 N–H and O–H groups in total. The van der Waals surface area contributed by atoms with Crippen LogP contribution in [-0.2, 0) is 4.79 Å². The zero-order chi connectivity index (χ0) is 19.2. The van der Waals surface area contributed by atoms with E-state index >= 15 is 0 Å². The van der Waals surface area contributed by atoms with Gasteiger partial charge in [0.05, 0.1) is 25.7 Å². The zero-order valence-corrected chi connectivity index (χ0v) is 16.5. The standard InChI is InChI=1S/C21H26ClN3O2/c1-15(16-7-3-5-9-18(16)22)24-21(26)14-25-12-11-23-13-19(25)17-8-4-6-10-20(17)27-2/h3-10,15,19,23H,11-14H2,1-2H3,(H,24,26). The van der Waals surface area contributed by atoms with E-state index in [9.17, 15) is 4.79 Å². The van der Waals surface area contributed by atoms with E-state index in [-0.39, 0.29) is 18.0 Å². The molecule has 3 rings (SSSR count). The molecule has 0 radical (unpaired) electrons. The number of carbonyl (C=O) groups excluding carboxylic acids is 1. The third-order valence-corrected chi connectivity index (χ3v) is 5.29. The summed E-state index contributed by atoms with van der Waals surface area (Å²) in [6.45, 7) is 4.73. The number of ether oxygens (including phenoxy) is 1. The fourth-order valence-corrected chi connectivity index (χ4v) is 3.86. The van der Waals surface area contributed by atoms with Crippen LogP contribution in [0.25, 0.3) is 0 Å². The van der Waals surface area contributed by atoms with Gasteiger partial charge in [-0.15, -0.1) is 0 Å². The fourth-order valence-electron chi connectivity index (χ4n) is 3.56. The number of amides is 1. The molecule has 1 fully saturated rings. The predicted molar refractivity (Wildman–Crippen MR) is 108 cm³/mol. The molecule has 2 atom stereocenters. The number of hydrogen-bond acceptors (Lipinski definition) is 4. The minimum atomic E-state index is -0.140. The van der Waals surface area contributed by atoms with Gasteiger partial charge in [0.1, 0.15) is 5.75 Å². The molecule has 0 bridgehead atoms. The van der Waals surface area contributed by atoms with Crippen molar-refractivity contribution in [1.82, 2.24) is 15.5 Å². The van der Waals surface area contributed by atoms with Gasteiger partial charge in [0.25, 0.3) is 0 Å². The van der Waals surface area contributed by atoms with Crippen molar-refractivity contribution < 1.29 is 9.53 Å². The first-order valence-electron chi connectivity index (χ1n) is 9.21. The number of nitrogens with one attached hydrogen (secondary N) is 2. The molecule has 1 saturated heterocycles. The van der Waals surface area contributed by atoms with Gasteiger partial charge in [0.15, 0.2) is 0 Å². The minimum absolute atomic E-state index is 0.00998. The zero-order valence-electron chi connectivity index (χ0n) is 15.7. The van der Waals surface area contributed by atoms with Gasteiger partial charge in [-0.3, -0.25) is 9.69 Å². The van der Waals surface area contributed by atoms with Crippen LogP contribution in [0, 0.1) is 0 Å². The Morgan fingerprint density at radius 1 is 1.30 bits per heavy atom. The molecule has 0 spiro atoms. The van der Waals surface area contributed by atoms with Crippen molar-refractivity contribution in [2.75, 3.05) is 33.3 Å². The number of nitrogens with zero attached hydrogens (tertiary/aromatic N) is 1. The van der Waals surface area contributed by atoms with Crippen LogP contribution in [0.5, 0.6) is 5.75 Å². The lowest BCUT2D eigenvalue weighted by molar-refractivity contribution is -0.123. The lowest BCUT2D eigenvalue weighted by Gasteiger charge is -2.36. The average Bonchev–Trinajstić information content (AvgIpc) is 2.68. The van der Waals surface area contributed by atoms with E-state index in [4.69, 9.17) is 16.3 Å². The Morgan fingerprint density at radius 2 is 2.04 bits per heavy atom. The van der Waals surface area contributed by atoms with Gasteiger partial charge in [-0.1, -0.05) is 48.0 Å². The number of hydrogen-bond donors (Lipinski definition) is 2. The van der Waals surface area contributed by atoms with Crippen molar-refractivity contribution in [3.05, 3.63) is 64.7 Å². The van der Waals surface area contributed by atoms with Gasteiger partial charge in [-0.2, -0.15) is 0 Å². The normalized spacial score (nSPS) is 18.7. The highest BCUT2D eigenvalue weighted by Crippen LogP contribution is 2.30. The highest BCUT2D eigenvalue weighted by Gasteiger charge is 2.28. The van der Waals surface area contributed by atoms with Gasteiger partial charge in [-0.05, 0) is 24.6 Å². The first-order chi connectivity index (χ1) is 13.1. The summed E-state index contributed by atoms with van der Waals surface area (Å²) in [4.78, 5) is 14.9. The molecule has 1 heterocycles. The topological polar surface area (TPSA) is 53.6 Å². The molecule has 2 aromatic rings. The van der Waals surface area contributed by atoms with Crippen LogP contribution in [0.3, 0.4) is 0 Å². The second kappa shape index (κ2) is 9.22. The Morgan fingerprint density at radius 3 is 2.81 bits per heavy atom. The summed E-state index contributed by atoms with van der Waals surface area (Å²) in [5, 5.41) is 7.15. The molecule has 0 aliphatic carbocycles. The van der Waals surface area contributed by atoms with Crippen molar-refractivity contribution in [1.29, 1.82) is 0 Å². The van der Waals surface area contributed by atoms with Gasteiger partial charge in [0.2, 0.25) is 5.91 Å². The molecule has 1 amide bonds. The Labute approximate surface area is 165 Å². The average molecular weight is 388 g/mol. The van der Waals surface area contributed by atoms with Gasteiger partial charge in [-0.25, -0.2) is 0 Å². The van der Waals surface area contributed by atoms with Gasteiger partial charge >= 0.3 is 0 Å². The number of benzene rings is 2. The van der Waals surface area contributed by atoms with Crippen molar-refractivity contribution in [3.8, 4) is 5.75 Å². The molecule has 1 aliphatic rings. The van der Waals surface area contributed by atoms with E-state index in [1.54, 1.807) is 7.11 Å². The quantitative estimate of drug-likeness (QED) is 0.799. The number of carbonyl (C=O) groups is 1. The number of methoxy groups -OCH3 is 1. The number of para-hydroxylation sites is 1. The Bertz CT molecular complexity index is 784. The van der Waals surface area contributed by atoms with Crippen molar-refractivity contribution in [2.45, 2.75) is 19.0 Å². The van der Waals surface area contributed by atoms with Crippen molar-refractivity contribution in [3.63, 3.8) is 0 Å². The smallest absolute Gasteiger partial charge is 0.234 e. The van der Waals surface area contributed by atoms with Crippen LogP contribution in [0.1, 0.15) is 30.1 Å².